The number of aromatic nitrogens is 1. The molecule has 2 aliphatic carbocycles. The van der Waals surface area contributed by atoms with Crippen molar-refractivity contribution < 1.29 is 23.5 Å². The van der Waals surface area contributed by atoms with Gasteiger partial charge in [-0.2, -0.15) is 0 Å². The predicted octanol–water partition coefficient (Wildman–Crippen LogP) is 6.27. The summed E-state index contributed by atoms with van der Waals surface area (Å²) in [6.07, 6.45) is 7.99. The number of nitrogens with one attached hydrogen (secondary N) is 1. The van der Waals surface area contributed by atoms with Crippen LogP contribution in [0.5, 0.6) is 0 Å². The van der Waals surface area contributed by atoms with Gasteiger partial charge in [0.25, 0.3) is 0 Å². The van der Waals surface area contributed by atoms with Crippen LogP contribution in [0.1, 0.15) is 52.7 Å². The molecule has 7 atom stereocenters. The van der Waals surface area contributed by atoms with Gasteiger partial charge in [-0.25, -0.2) is 9.18 Å². The molecule has 202 valence electrons. The van der Waals surface area contributed by atoms with Crippen LogP contribution in [0.3, 0.4) is 0 Å². The molecule has 1 aromatic heterocycles. The highest BCUT2D eigenvalue weighted by Gasteiger charge is 2.59. The van der Waals surface area contributed by atoms with E-state index in [1.54, 1.807) is 25.3 Å². The van der Waals surface area contributed by atoms with Gasteiger partial charge in [0.1, 0.15) is 11.9 Å². The Hall–Kier alpha value is -3.22. The molecule has 2 saturated carbocycles. The monoisotopic (exact) mass is 520 g/mol. The largest absolute Gasteiger partial charge is 0.462 e. The van der Waals surface area contributed by atoms with E-state index in [1.165, 1.54) is 6.07 Å². The van der Waals surface area contributed by atoms with Crippen molar-refractivity contribution in [2.24, 2.45) is 35.0 Å². The number of cyclic esters (lactones) is 1. The van der Waals surface area contributed by atoms with Gasteiger partial charge in [-0.3, -0.25) is 9.78 Å². The van der Waals surface area contributed by atoms with E-state index in [-0.39, 0.29) is 59.1 Å². The van der Waals surface area contributed by atoms with E-state index < -0.39 is 0 Å². The minimum Gasteiger partial charge on any atom is -0.462 e. The zero-order chi connectivity index (χ0) is 27.0. The van der Waals surface area contributed by atoms with Crippen LogP contribution in [0.15, 0.2) is 48.7 Å². The van der Waals surface area contributed by atoms with Gasteiger partial charge >= 0.3 is 12.1 Å². The van der Waals surface area contributed by atoms with Crippen LogP contribution in [0.25, 0.3) is 17.2 Å². The van der Waals surface area contributed by atoms with Gasteiger partial charge < -0.3 is 14.8 Å². The van der Waals surface area contributed by atoms with Crippen molar-refractivity contribution in [3.05, 3.63) is 60.2 Å². The number of halogens is 1. The van der Waals surface area contributed by atoms with Gasteiger partial charge in [0.05, 0.1) is 18.2 Å². The van der Waals surface area contributed by atoms with Crippen molar-refractivity contribution in [2.45, 2.75) is 59.1 Å². The van der Waals surface area contributed by atoms with Gasteiger partial charge in [0.2, 0.25) is 0 Å². The van der Waals surface area contributed by atoms with Crippen LogP contribution < -0.4 is 5.32 Å². The molecule has 1 amide bonds. The second-order valence-corrected chi connectivity index (χ2v) is 11.5. The molecule has 0 radical (unpaired) electrons. The molecule has 2 aromatic rings. The van der Waals surface area contributed by atoms with Crippen LogP contribution in [0.4, 0.5) is 9.18 Å². The van der Waals surface area contributed by atoms with Crippen LogP contribution in [-0.4, -0.2) is 35.8 Å². The second-order valence-electron chi connectivity index (χ2n) is 11.5. The molecule has 3 fully saturated rings. The maximum absolute atomic E-state index is 14.2. The Morgan fingerprint density at radius 3 is 2.74 bits per heavy atom. The summed E-state index contributed by atoms with van der Waals surface area (Å²) in [6, 6.07) is 10.5. The summed E-state index contributed by atoms with van der Waals surface area (Å²) in [5, 5.41) is 3.09. The SMILES string of the molecule is CCOC(=O)NC1CC[C@H]2[C@H](/C=C/c3ccc(-c4ccccc4F)cn3)[C@@H]3[C@@H](C)OC(=O)[C@@H]3C[C@@H]2C1(C)C. The Morgan fingerprint density at radius 1 is 1.24 bits per heavy atom. The first-order valence-corrected chi connectivity index (χ1v) is 13.7. The van der Waals surface area contributed by atoms with Gasteiger partial charge in [0, 0.05) is 29.3 Å². The van der Waals surface area contributed by atoms with Gasteiger partial charge in [-0.05, 0) is 74.5 Å². The van der Waals surface area contributed by atoms with Gasteiger partial charge in [-0.1, -0.05) is 44.2 Å². The molecule has 1 unspecified atom stereocenters. The van der Waals surface area contributed by atoms with Crippen LogP contribution in [0.2, 0.25) is 0 Å². The average molecular weight is 521 g/mol. The van der Waals surface area contributed by atoms with Crippen molar-refractivity contribution in [3.63, 3.8) is 0 Å². The third-order valence-corrected chi connectivity index (χ3v) is 9.25. The fraction of sp³-hybridized carbons (Fsp3) is 0.516. The number of hydrogen-bond donors (Lipinski definition) is 1. The van der Waals surface area contributed by atoms with Crippen LogP contribution >= 0.6 is 0 Å². The van der Waals surface area contributed by atoms with E-state index in [0.717, 1.165) is 30.5 Å². The van der Waals surface area contributed by atoms with Crippen LogP contribution in [-0.2, 0) is 14.3 Å². The molecule has 3 aliphatic rings. The molecule has 0 bridgehead atoms. The lowest BCUT2D eigenvalue weighted by atomic mass is 9.50. The Kier molecular flexibility index (Phi) is 7.30. The third-order valence-electron chi connectivity index (χ3n) is 9.25. The highest BCUT2D eigenvalue weighted by Crippen LogP contribution is 2.58. The molecule has 1 aliphatic heterocycles. The van der Waals surface area contributed by atoms with Crippen molar-refractivity contribution in [3.8, 4) is 11.1 Å². The molecular formula is C31H37FN2O4. The number of carbonyl (C=O) groups is 2. The van der Waals surface area contributed by atoms with E-state index in [4.69, 9.17) is 9.47 Å². The Balaban J connectivity index is 1.41. The quantitative estimate of drug-likeness (QED) is 0.471. The lowest BCUT2D eigenvalue weighted by Gasteiger charge is -2.55. The minimum absolute atomic E-state index is 0.0218. The summed E-state index contributed by atoms with van der Waals surface area (Å²) < 4.78 is 25.1. The molecular weight excluding hydrogens is 483 g/mol. The van der Waals surface area contributed by atoms with E-state index in [0.29, 0.717) is 18.1 Å². The van der Waals surface area contributed by atoms with E-state index in [2.05, 4.69) is 30.2 Å². The fourth-order valence-corrected chi connectivity index (χ4v) is 7.32. The first-order valence-electron chi connectivity index (χ1n) is 13.7. The number of carbonyl (C=O) groups excluding carboxylic acids is 2. The summed E-state index contributed by atoms with van der Waals surface area (Å²) in [5.74, 6) is 0.332. The number of amides is 1. The number of ether oxygens (including phenoxy) is 2. The average Bonchev–Trinajstić information content (AvgIpc) is 3.18. The lowest BCUT2D eigenvalue weighted by Crippen LogP contribution is -2.57. The van der Waals surface area contributed by atoms with E-state index in [9.17, 15) is 14.0 Å². The predicted molar refractivity (Wildman–Crippen MR) is 143 cm³/mol. The zero-order valence-electron chi connectivity index (χ0n) is 22.5. The van der Waals surface area contributed by atoms with Crippen molar-refractivity contribution in [1.82, 2.24) is 10.3 Å². The maximum Gasteiger partial charge on any atom is 0.407 e. The third kappa shape index (κ3) is 4.83. The molecule has 1 saturated heterocycles. The lowest BCUT2D eigenvalue weighted by molar-refractivity contribution is -0.145. The first-order chi connectivity index (χ1) is 18.2. The molecule has 6 nitrogen and oxygen atoms in total. The molecule has 0 spiro atoms. The maximum atomic E-state index is 14.2. The summed E-state index contributed by atoms with van der Waals surface area (Å²) >= 11 is 0. The second kappa shape index (κ2) is 10.5. The molecule has 7 heteroatoms. The number of hydrogen-bond acceptors (Lipinski definition) is 5. The number of allylic oxidation sites excluding steroid dienone is 1. The number of rotatable bonds is 5. The number of fused-ring (bicyclic) bond motifs is 2. The Labute approximate surface area is 224 Å². The number of pyridine rings is 1. The zero-order valence-corrected chi connectivity index (χ0v) is 22.5. The highest BCUT2D eigenvalue weighted by molar-refractivity contribution is 5.76. The molecule has 5 rings (SSSR count). The molecule has 1 N–H and O–H groups in total. The number of alkyl carbamates (subject to hydrolysis) is 1. The van der Waals surface area contributed by atoms with Crippen LogP contribution in [0, 0.1) is 40.8 Å². The standard InChI is InChI=1S/C31H37FN2O4/c1-5-37-30(36)34-27-15-14-22-23(28-18(2)38-29(35)24(28)16-25(22)31(27,3)4)13-12-20-11-10-19(17-33-20)21-8-6-7-9-26(21)32/h6-13,17-18,22-25,27-28H,5,14-16H2,1-4H3,(H,34,36)/b13-12+/t18-,22+,23+,24-,25+,27?,28+/m1/s1. The summed E-state index contributed by atoms with van der Waals surface area (Å²) in [6.45, 7) is 8.54. The summed E-state index contributed by atoms with van der Waals surface area (Å²) in [4.78, 5) is 29.7. The minimum atomic E-state index is -0.382. The molecule has 1 aromatic carbocycles. The number of benzene rings is 1. The smallest absolute Gasteiger partial charge is 0.407 e. The summed E-state index contributed by atoms with van der Waals surface area (Å²) in [5.41, 5.74) is 1.84. The highest BCUT2D eigenvalue weighted by atomic mass is 19.1. The van der Waals surface area contributed by atoms with E-state index in [1.807, 2.05) is 31.2 Å². The molecule has 38 heavy (non-hydrogen) atoms. The fourth-order valence-electron chi connectivity index (χ4n) is 7.32. The van der Waals surface area contributed by atoms with Gasteiger partial charge in [0.15, 0.2) is 0 Å². The number of nitrogens with zero attached hydrogens (tertiary/aromatic N) is 1. The van der Waals surface area contributed by atoms with Crippen molar-refractivity contribution >= 4 is 18.1 Å². The van der Waals surface area contributed by atoms with Crippen molar-refractivity contribution in [1.29, 1.82) is 0 Å². The Morgan fingerprint density at radius 2 is 2.03 bits per heavy atom. The Bertz CT molecular complexity index is 1210. The first kappa shape index (κ1) is 26.4. The number of esters is 1. The topological polar surface area (TPSA) is 77.5 Å². The summed E-state index contributed by atoms with van der Waals surface area (Å²) in [7, 11) is 0. The normalized spacial score (nSPS) is 31.8. The molecule has 2 heterocycles. The van der Waals surface area contributed by atoms with E-state index >= 15 is 0 Å². The van der Waals surface area contributed by atoms with Crippen molar-refractivity contribution in [2.75, 3.05) is 6.61 Å². The van der Waals surface area contributed by atoms with Gasteiger partial charge in [-0.15, -0.1) is 0 Å².